The molecule has 0 radical (unpaired) electrons. The van der Waals surface area contributed by atoms with Crippen molar-refractivity contribution in [2.24, 2.45) is 0 Å². The second-order valence-electron chi connectivity index (χ2n) is 2.90. The maximum absolute atomic E-state index is 11.3. The van der Waals surface area contributed by atoms with Gasteiger partial charge in [0.25, 0.3) is 0 Å². The van der Waals surface area contributed by atoms with E-state index in [-0.39, 0.29) is 0 Å². The molecule has 0 atom stereocenters. The van der Waals surface area contributed by atoms with Gasteiger partial charge in [-0.25, -0.2) is 0 Å². The molecule has 60 valence electrons. The molecule has 0 amide bonds. The Bertz CT molecular complexity index is 297. The molecule has 0 fully saturated rings. The van der Waals surface area contributed by atoms with Crippen molar-refractivity contribution >= 4 is 28.3 Å². The van der Waals surface area contributed by atoms with Gasteiger partial charge in [-0.1, -0.05) is 0 Å². The van der Waals surface area contributed by atoms with Gasteiger partial charge in [0, 0.05) is 0 Å². The molecule has 3 heteroatoms. The quantitative estimate of drug-likeness (QED) is 0.647. The van der Waals surface area contributed by atoms with Gasteiger partial charge in [-0.05, 0) is 0 Å². The fraction of sp³-hybridized carbons (Fsp3) is 0.500. The van der Waals surface area contributed by atoms with Crippen molar-refractivity contribution in [2.45, 2.75) is 24.5 Å². The van der Waals surface area contributed by atoms with Crippen molar-refractivity contribution in [3.63, 3.8) is 0 Å². The van der Waals surface area contributed by atoms with Crippen molar-refractivity contribution in [1.29, 1.82) is 0 Å². The Morgan fingerprint density at radius 1 is 1.18 bits per heavy atom. The molecule has 1 aromatic heterocycles. The third-order valence-electron chi connectivity index (χ3n) is 2.13. The van der Waals surface area contributed by atoms with E-state index in [4.69, 9.17) is 0 Å². The minimum absolute atomic E-state index is 0.608. The Labute approximate surface area is 76.6 Å². The van der Waals surface area contributed by atoms with Gasteiger partial charge in [0.1, 0.15) is 0 Å². The first-order valence-electron chi connectivity index (χ1n) is 3.61. The summed E-state index contributed by atoms with van der Waals surface area (Å²) in [5.41, 5.74) is 2.95. The molecule has 1 nitrogen and oxygen atoms in total. The summed E-state index contributed by atoms with van der Waals surface area (Å²) in [5, 5.41) is 1.86. The van der Waals surface area contributed by atoms with Crippen molar-refractivity contribution in [1.82, 2.24) is 0 Å². The van der Waals surface area contributed by atoms with Gasteiger partial charge in [0.2, 0.25) is 0 Å². The van der Waals surface area contributed by atoms with Crippen LogP contribution >= 0.6 is 0 Å². The zero-order chi connectivity index (χ0) is 8.01. The number of rotatable bonds is 0. The second-order valence-corrected chi connectivity index (χ2v) is 8.95. The molecule has 11 heavy (non-hydrogen) atoms. The van der Waals surface area contributed by atoms with Gasteiger partial charge < -0.3 is 0 Å². The molecule has 0 aliphatic carbocycles. The zero-order valence-corrected chi connectivity index (χ0v) is 10.1. The van der Waals surface area contributed by atoms with E-state index in [2.05, 4.69) is 13.8 Å². The van der Waals surface area contributed by atoms with E-state index in [1.165, 1.54) is 20.0 Å². The number of hydrogen-bond donors (Lipinski definition) is 0. The minimum atomic E-state index is -1.44. The van der Waals surface area contributed by atoms with Crippen LogP contribution in [0.15, 0.2) is 0 Å². The molecule has 1 aliphatic rings. The van der Waals surface area contributed by atoms with Gasteiger partial charge in [-0.3, -0.25) is 0 Å². The van der Waals surface area contributed by atoms with Crippen LogP contribution in [0.3, 0.4) is 0 Å². The van der Waals surface area contributed by atoms with Crippen molar-refractivity contribution in [3.05, 3.63) is 20.0 Å². The maximum atomic E-state index is 11.3. The SMILES string of the molecule is Cc1[se]c(C)c2c1C[Se](=O)C2. The van der Waals surface area contributed by atoms with Gasteiger partial charge in [-0.15, -0.1) is 0 Å². The molecule has 1 aliphatic heterocycles. The van der Waals surface area contributed by atoms with Crippen molar-refractivity contribution in [2.75, 3.05) is 0 Å². The fourth-order valence-corrected chi connectivity index (χ4v) is 7.96. The Balaban J connectivity index is 2.59. The Morgan fingerprint density at radius 3 is 2.09 bits per heavy atom. The molecule has 0 unspecified atom stereocenters. The fourth-order valence-electron chi connectivity index (χ4n) is 1.53. The van der Waals surface area contributed by atoms with E-state index >= 15 is 0 Å². The third-order valence-corrected chi connectivity index (χ3v) is 7.01. The first-order valence-corrected chi connectivity index (χ1v) is 8.44. The van der Waals surface area contributed by atoms with E-state index < -0.39 is 13.8 Å². The van der Waals surface area contributed by atoms with Crippen molar-refractivity contribution < 1.29 is 3.83 Å². The zero-order valence-electron chi connectivity index (χ0n) is 6.64. The van der Waals surface area contributed by atoms with Gasteiger partial charge in [0.05, 0.1) is 0 Å². The topological polar surface area (TPSA) is 17.1 Å². The molecule has 2 heterocycles. The van der Waals surface area contributed by atoms with Crippen LogP contribution in [0.2, 0.25) is 0 Å². The summed E-state index contributed by atoms with van der Waals surface area (Å²) in [4.78, 5) is 0. The molecule has 0 aromatic carbocycles. The van der Waals surface area contributed by atoms with Crippen LogP contribution in [-0.4, -0.2) is 28.3 Å². The molecule has 0 saturated carbocycles. The predicted molar refractivity (Wildman–Crippen MR) is 46.7 cm³/mol. The Kier molecular flexibility index (Phi) is 1.93. The van der Waals surface area contributed by atoms with Crippen LogP contribution < -0.4 is 0 Å². The van der Waals surface area contributed by atoms with Gasteiger partial charge >= 0.3 is 76.7 Å². The second kappa shape index (κ2) is 2.67. The van der Waals surface area contributed by atoms with E-state index in [1.807, 2.05) is 0 Å². The number of fused-ring (bicyclic) bond motifs is 1. The molecule has 0 bridgehead atoms. The monoisotopic (exact) mass is 282 g/mol. The molecule has 0 spiro atoms. The van der Waals surface area contributed by atoms with Crippen LogP contribution in [0, 0.1) is 13.8 Å². The molecule has 2 rings (SSSR count). The predicted octanol–water partition coefficient (Wildman–Crippen LogP) is 0.959. The summed E-state index contributed by atoms with van der Waals surface area (Å²) in [6.07, 6.45) is 0. The third kappa shape index (κ3) is 1.21. The average Bonchev–Trinajstić information content (AvgIpc) is 2.38. The van der Waals surface area contributed by atoms with E-state index in [0.717, 1.165) is 10.6 Å². The Hall–Kier alpha value is 0.319. The summed E-state index contributed by atoms with van der Waals surface area (Å²) in [6.45, 7) is 4.41. The van der Waals surface area contributed by atoms with Crippen LogP contribution in [-0.2, 0) is 14.5 Å². The van der Waals surface area contributed by atoms with E-state index in [9.17, 15) is 3.83 Å². The summed E-state index contributed by atoms with van der Waals surface area (Å²) >= 11 is -0.833. The first kappa shape index (κ1) is 7.94. The average molecular weight is 280 g/mol. The molecule has 0 N–H and O–H groups in total. The normalized spacial score (nSPS) is 17.3. The van der Waals surface area contributed by atoms with E-state index in [0.29, 0.717) is 14.5 Å². The molecule has 1 aromatic rings. The summed E-state index contributed by atoms with van der Waals surface area (Å²) < 4.78 is 14.4. The van der Waals surface area contributed by atoms with Crippen LogP contribution in [0.4, 0.5) is 0 Å². The van der Waals surface area contributed by atoms with Crippen LogP contribution in [0.1, 0.15) is 20.0 Å². The van der Waals surface area contributed by atoms with Gasteiger partial charge in [0.15, 0.2) is 0 Å². The molecular formula is C8H10OSe2. The van der Waals surface area contributed by atoms with Gasteiger partial charge in [-0.2, -0.15) is 0 Å². The number of aryl methyl sites for hydroxylation is 2. The summed E-state index contributed by atoms with van der Waals surface area (Å²) in [6, 6.07) is 0. The Morgan fingerprint density at radius 2 is 1.64 bits per heavy atom. The number of hydrogen-bond acceptors (Lipinski definition) is 1. The molecular weight excluding hydrogens is 270 g/mol. The summed E-state index contributed by atoms with van der Waals surface area (Å²) in [7, 11) is 0. The standard InChI is InChI=1S/C8H10OSe2/c1-5-7-3-11(9)4-8(7)6(2)10-5/h3-4H2,1-2H3. The first-order chi connectivity index (χ1) is 5.18. The molecule has 0 saturated heterocycles. The summed E-state index contributed by atoms with van der Waals surface area (Å²) in [5.74, 6) is 0. The van der Waals surface area contributed by atoms with Crippen LogP contribution in [0.25, 0.3) is 0 Å². The van der Waals surface area contributed by atoms with Crippen molar-refractivity contribution in [3.8, 4) is 0 Å². The van der Waals surface area contributed by atoms with Crippen LogP contribution in [0.5, 0.6) is 0 Å². The van der Waals surface area contributed by atoms with E-state index in [1.54, 1.807) is 0 Å².